The van der Waals surface area contributed by atoms with Crippen molar-refractivity contribution >= 4 is 21.9 Å². The van der Waals surface area contributed by atoms with Gasteiger partial charge in [0.15, 0.2) is 0 Å². The van der Waals surface area contributed by atoms with Gasteiger partial charge < -0.3 is 10.5 Å². The average Bonchev–Trinajstić information content (AvgIpc) is 2.92. The van der Waals surface area contributed by atoms with E-state index in [0.29, 0.717) is 25.7 Å². The van der Waals surface area contributed by atoms with E-state index in [1.807, 2.05) is 6.92 Å². The standard InChI is InChI=1S/C13H24N2O5S/c1-3-4-8-15(9-12(14)16)21(18,19)11-7-5-6-10(11)13(17)20-2/h10-11H,3-9H2,1-2H3,(H2,14,16). The minimum atomic E-state index is -3.74. The predicted molar refractivity (Wildman–Crippen MR) is 77.7 cm³/mol. The summed E-state index contributed by atoms with van der Waals surface area (Å²) in [7, 11) is -2.49. The van der Waals surface area contributed by atoms with Crippen LogP contribution in [0.5, 0.6) is 0 Å². The lowest BCUT2D eigenvalue weighted by Gasteiger charge is -2.26. The van der Waals surface area contributed by atoms with Crippen LogP contribution in [0.2, 0.25) is 0 Å². The van der Waals surface area contributed by atoms with Crippen molar-refractivity contribution in [1.29, 1.82) is 0 Å². The highest BCUT2D eigenvalue weighted by Gasteiger charge is 2.44. The summed E-state index contributed by atoms with van der Waals surface area (Å²) in [5.41, 5.74) is 5.14. The number of carbonyl (C=O) groups excluding carboxylic acids is 2. The molecule has 7 nitrogen and oxygen atoms in total. The average molecular weight is 320 g/mol. The van der Waals surface area contributed by atoms with E-state index in [4.69, 9.17) is 5.73 Å². The number of methoxy groups -OCH3 is 1. The summed E-state index contributed by atoms with van der Waals surface area (Å²) in [6, 6.07) is 0. The molecule has 0 heterocycles. The van der Waals surface area contributed by atoms with Gasteiger partial charge in [-0.3, -0.25) is 9.59 Å². The van der Waals surface area contributed by atoms with Crippen LogP contribution in [-0.2, 0) is 24.3 Å². The summed E-state index contributed by atoms with van der Waals surface area (Å²) in [4.78, 5) is 22.9. The molecule has 0 radical (unpaired) electrons. The van der Waals surface area contributed by atoms with Crippen LogP contribution in [0.15, 0.2) is 0 Å². The number of hydrogen-bond donors (Lipinski definition) is 1. The molecule has 8 heteroatoms. The SMILES string of the molecule is CCCCN(CC(N)=O)S(=O)(=O)C1CCCC1C(=O)OC. The summed E-state index contributed by atoms with van der Waals surface area (Å²) in [6.45, 7) is 1.83. The van der Waals surface area contributed by atoms with Gasteiger partial charge in [0, 0.05) is 6.54 Å². The molecule has 0 saturated heterocycles. The first-order valence-electron chi connectivity index (χ1n) is 7.19. The van der Waals surface area contributed by atoms with Gasteiger partial charge in [0.05, 0.1) is 24.8 Å². The van der Waals surface area contributed by atoms with Gasteiger partial charge in [-0.1, -0.05) is 19.8 Å². The van der Waals surface area contributed by atoms with E-state index < -0.39 is 33.1 Å². The number of esters is 1. The minimum Gasteiger partial charge on any atom is -0.469 e. The lowest BCUT2D eigenvalue weighted by atomic mass is 10.1. The number of rotatable bonds is 8. The molecule has 0 bridgehead atoms. The second-order valence-corrected chi connectivity index (χ2v) is 7.45. The van der Waals surface area contributed by atoms with Gasteiger partial charge in [-0.15, -0.1) is 0 Å². The van der Waals surface area contributed by atoms with E-state index in [2.05, 4.69) is 4.74 Å². The summed E-state index contributed by atoms with van der Waals surface area (Å²) in [6.07, 6.45) is 3.00. The molecule has 0 aromatic carbocycles. The Kier molecular flexibility index (Phi) is 6.60. The molecule has 0 spiro atoms. The lowest BCUT2D eigenvalue weighted by molar-refractivity contribution is -0.145. The van der Waals surface area contributed by atoms with Gasteiger partial charge in [-0.2, -0.15) is 4.31 Å². The van der Waals surface area contributed by atoms with E-state index in [1.54, 1.807) is 0 Å². The Morgan fingerprint density at radius 1 is 1.33 bits per heavy atom. The van der Waals surface area contributed by atoms with Gasteiger partial charge in [-0.05, 0) is 19.3 Å². The van der Waals surface area contributed by atoms with Crippen LogP contribution >= 0.6 is 0 Å². The Morgan fingerprint density at radius 3 is 2.52 bits per heavy atom. The van der Waals surface area contributed by atoms with E-state index in [-0.39, 0.29) is 13.1 Å². The monoisotopic (exact) mass is 320 g/mol. The molecule has 1 aliphatic rings. The number of primary amides is 1. The van der Waals surface area contributed by atoms with Crippen LogP contribution < -0.4 is 5.73 Å². The quantitative estimate of drug-likeness (QED) is 0.645. The molecule has 21 heavy (non-hydrogen) atoms. The van der Waals surface area contributed by atoms with Crippen molar-refractivity contribution in [3.63, 3.8) is 0 Å². The Balaban J connectivity index is 2.97. The fourth-order valence-corrected chi connectivity index (χ4v) is 4.90. The van der Waals surface area contributed by atoms with E-state index >= 15 is 0 Å². The van der Waals surface area contributed by atoms with Crippen LogP contribution in [0, 0.1) is 5.92 Å². The fourth-order valence-electron chi connectivity index (χ4n) is 2.70. The highest BCUT2D eigenvalue weighted by molar-refractivity contribution is 7.89. The van der Waals surface area contributed by atoms with Crippen molar-refractivity contribution in [3.05, 3.63) is 0 Å². The molecule has 1 aliphatic carbocycles. The van der Waals surface area contributed by atoms with Crippen LogP contribution in [-0.4, -0.2) is 50.0 Å². The smallest absolute Gasteiger partial charge is 0.310 e. The van der Waals surface area contributed by atoms with Crippen molar-refractivity contribution in [3.8, 4) is 0 Å². The third-order valence-corrected chi connectivity index (χ3v) is 6.15. The maximum atomic E-state index is 12.7. The molecule has 0 aromatic heterocycles. The number of sulfonamides is 1. The van der Waals surface area contributed by atoms with Crippen molar-refractivity contribution < 1.29 is 22.7 Å². The van der Waals surface area contributed by atoms with E-state index in [0.717, 1.165) is 10.7 Å². The Morgan fingerprint density at radius 2 is 2.00 bits per heavy atom. The normalized spacial score (nSPS) is 22.4. The third-order valence-electron chi connectivity index (χ3n) is 3.79. The molecule has 1 fully saturated rings. The first kappa shape index (κ1) is 17.9. The zero-order chi connectivity index (χ0) is 16.0. The molecule has 2 N–H and O–H groups in total. The molecule has 122 valence electrons. The number of nitrogens with zero attached hydrogens (tertiary/aromatic N) is 1. The Hall–Kier alpha value is -1.15. The topological polar surface area (TPSA) is 107 Å². The molecular formula is C13H24N2O5S. The number of amides is 1. The number of nitrogens with two attached hydrogens (primary N) is 1. The van der Waals surface area contributed by atoms with Crippen molar-refractivity contribution in [2.45, 2.75) is 44.3 Å². The summed E-state index contributed by atoms with van der Waals surface area (Å²) in [5.74, 6) is -1.85. The Bertz CT molecular complexity index is 477. The van der Waals surface area contributed by atoms with Gasteiger partial charge >= 0.3 is 5.97 Å². The van der Waals surface area contributed by atoms with Crippen LogP contribution in [0.25, 0.3) is 0 Å². The van der Waals surface area contributed by atoms with Crippen molar-refractivity contribution in [2.75, 3.05) is 20.2 Å². The van der Waals surface area contributed by atoms with Gasteiger partial charge in [-0.25, -0.2) is 8.42 Å². The molecule has 2 atom stereocenters. The number of unbranched alkanes of at least 4 members (excludes halogenated alkanes) is 1. The molecular weight excluding hydrogens is 296 g/mol. The van der Waals surface area contributed by atoms with Gasteiger partial charge in [0.25, 0.3) is 0 Å². The maximum absolute atomic E-state index is 12.7. The number of hydrogen-bond acceptors (Lipinski definition) is 5. The first-order chi connectivity index (χ1) is 9.84. The summed E-state index contributed by atoms with van der Waals surface area (Å²) in [5, 5.41) is -0.818. The van der Waals surface area contributed by atoms with Gasteiger partial charge in [0.1, 0.15) is 0 Å². The van der Waals surface area contributed by atoms with E-state index in [1.165, 1.54) is 7.11 Å². The fraction of sp³-hybridized carbons (Fsp3) is 0.846. The largest absolute Gasteiger partial charge is 0.469 e. The highest BCUT2D eigenvalue weighted by Crippen LogP contribution is 2.33. The zero-order valence-electron chi connectivity index (χ0n) is 12.6. The van der Waals surface area contributed by atoms with Gasteiger partial charge in [0.2, 0.25) is 15.9 Å². The predicted octanol–water partition coefficient (Wildman–Crippen LogP) is 0.245. The van der Waals surface area contributed by atoms with Crippen LogP contribution in [0.1, 0.15) is 39.0 Å². The van der Waals surface area contributed by atoms with E-state index in [9.17, 15) is 18.0 Å². The molecule has 0 aliphatic heterocycles. The molecule has 2 unspecified atom stereocenters. The minimum absolute atomic E-state index is 0.242. The molecule has 1 amide bonds. The second kappa shape index (κ2) is 7.74. The van der Waals surface area contributed by atoms with Crippen LogP contribution in [0.4, 0.5) is 0 Å². The van der Waals surface area contributed by atoms with Crippen molar-refractivity contribution in [2.24, 2.45) is 11.7 Å². The Labute approximate surface area is 125 Å². The number of carbonyl (C=O) groups is 2. The van der Waals surface area contributed by atoms with Crippen LogP contribution in [0.3, 0.4) is 0 Å². The zero-order valence-corrected chi connectivity index (χ0v) is 13.4. The highest BCUT2D eigenvalue weighted by atomic mass is 32.2. The summed E-state index contributed by atoms with van der Waals surface area (Å²) < 4.78 is 31.2. The molecule has 1 saturated carbocycles. The number of ether oxygens (including phenoxy) is 1. The second-order valence-electron chi connectivity index (χ2n) is 5.30. The molecule has 1 rings (SSSR count). The molecule has 0 aromatic rings. The summed E-state index contributed by atoms with van der Waals surface area (Å²) >= 11 is 0. The third kappa shape index (κ3) is 4.41. The maximum Gasteiger partial charge on any atom is 0.310 e. The lowest BCUT2D eigenvalue weighted by Crippen LogP contribution is -2.46. The van der Waals surface area contributed by atoms with Crippen molar-refractivity contribution in [1.82, 2.24) is 4.31 Å². The first-order valence-corrected chi connectivity index (χ1v) is 8.70.